The quantitative estimate of drug-likeness (QED) is 0.193. The highest BCUT2D eigenvalue weighted by Gasteiger charge is 2.46. The Morgan fingerprint density at radius 1 is 1.19 bits per heavy atom. The van der Waals surface area contributed by atoms with Gasteiger partial charge in [0, 0.05) is 43.9 Å². The molecule has 2 fully saturated rings. The monoisotopic (exact) mass is 499 g/mol. The molecule has 0 bridgehead atoms. The normalized spacial score (nSPS) is 20.1. The van der Waals surface area contributed by atoms with Gasteiger partial charge in [-0.25, -0.2) is 4.39 Å². The highest BCUT2D eigenvalue weighted by atomic mass is 19.1. The molecule has 2 aliphatic heterocycles. The third-order valence-electron chi connectivity index (χ3n) is 6.34. The molecule has 11 heteroatoms. The van der Waals surface area contributed by atoms with Crippen molar-refractivity contribution in [1.29, 1.82) is 0 Å². The van der Waals surface area contributed by atoms with Crippen LogP contribution in [0.5, 0.6) is 5.75 Å². The first kappa shape index (κ1) is 25.3. The molecule has 1 amide bonds. The van der Waals surface area contributed by atoms with Crippen LogP contribution in [0, 0.1) is 15.9 Å². The molecule has 36 heavy (non-hydrogen) atoms. The number of benzene rings is 2. The third-order valence-corrected chi connectivity index (χ3v) is 6.34. The van der Waals surface area contributed by atoms with Crippen LogP contribution in [0.2, 0.25) is 0 Å². The van der Waals surface area contributed by atoms with Crippen molar-refractivity contribution in [3.63, 3.8) is 0 Å². The van der Waals surface area contributed by atoms with Crippen LogP contribution in [0.25, 0.3) is 5.76 Å². The van der Waals surface area contributed by atoms with Crippen molar-refractivity contribution in [2.24, 2.45) is 0 Å². The number of hydrogen-bond acceptors (Lipinski definition) is 8. The zero-order valence-corrected chi connectivity index (χ0v) is 19.7. The lowest BCUT2D eigenvalue weighted by atomic mass is 9.95. The fourth-order valence-corrected chi connectivity index (χ4v) is 4.52. The minimum absolute atomic E-state index is 0.0185. The molecule has 1 atom stereocenters. The van der Waals surface area contributed by atoms with Gasteiger partial charge in [0.15, 0.2) is 11.6 Å². The fraction of sp³-hybridized carbons (Fsp3) is 0.360. The molecule has 1 N–H and O–H groups in total. The first-order chi connectivity index (χ1) is 17.3. The molecule has 2 aromatic rings. The van der Waals surface area contributed by atoms with Crippen LogP contribution in [0.3, 0.4) is 0 Å². The highest BCUT2D eigenvalue weighted by molar-refractivity contribution is 6.46. The number of nitro groups is 1. The number of aliphatic hydroxyl groups excluding tert-OH is 1. The Labute approximate surface area is 206 Å². The summed E-state index contributed by atoms with van der Waals surface area (Å²) >= 11 is 0. The summed E-state index contributed by atoms with van der Waals surface area (Å²) in [6.45, 7) is 3.61. The molecule has 0 aromatic heterocycles. The summed E-state index contributed by atoms with van der Waals surface area (Å²) in [6, 6.07) is 8.18. The summed E-state index contributed by atoms with van der Waals surface area (Å²) in [4.78, 5) is 40.5. The number of aliphatic hydroxyl groups is 1. The molecular weight excluding hydrogens is 473 g/mol. The van der Waals surface area contributed by atoms with Gasteiger partial charge in [-0.3, -0.25) is 24.6 Å². The van der Waals surface area contributed by atoms with E-state index in [0.717, 1.165) is 19.2 Å². The second-order valence-corrected chi connectivity index (χ2v) is 8.50. The molecular formula is C25H26FN3O7. The molecule has 0 unspecified atom stereocenters. The van der Waals surface area contributed by atoms with E-state index in [0.29, 0.717) is 31.7 Å². The predicted molar refractivity (Wildman–Crippen MR) is 127 cm³/mol. The van der Waals surface area contributed by atoms with E-state index < -0.39 is 34.2 Å². The summed E-state index contributed by atoms with van der Waals surface area (Å²) in [5.74, 6) is -3.14. The minimum atomic E-state index is -1.07. The van der Waals surface area contributed by atoms with Gasteiger partial charge < -0.3 is 19.5 Å². The molecule has 2 aliphatic rings. The maximum atomic E-state index is 14.3. The predicted octanol–water partition coefficient (Wildman–Crippen LogP) is 2.89. The van der Waals surface area contributed by atoms with Crippen molar-refractivity contribution in [2.45, 2.75) is 12.5 Å². The van der Waals surface area contributed by atoms with E-state index in [1.807, 2.05) is 0 Å². The summed E-state index contributed by atoms with van der Waals surface area (Å²) in [5.41, 5.74) is -0.196. The first-order valence-corrected chi connectivity index (χ1v) is 11.5. The topological polar surface area (TPSA) is 122 Å². The van der Waals surface area contributed by atoms with E-state index in [2.05, 4.69) is 4.90 Å². The van der Waals surface area contributed by atoms with Crippen molar-refractivity contribution in [3.8, 4) is 5.75 Å². The Balaban J connectivity index is 1.73. The number of carbonyl (C=O) groups is 2. The number of morpholine rings is 1. The van der Waals surface area contributed by atoms with E-state index in [1.54, 1.807) is 6.07 Å². The number of hydrogen-bond donors (Lipinski definition) is 1. The Hall–Kier alpha value is -3.83. The molecule has 0 spiro atoms. The van der Waals surface area contributed by atoms with Gasteiger partial charge in [-0.1, -0.05) is 12.1 Å². The Bertz CT molecular complexity index is 1210. The second-order valence-electron chi connectivity index (χ2n) is 8.50. The van der Waals surface area contributed by atoms with Crippen LogP contribution in [0.4, 0.5) is 10.1 Å². The summed E-state index contributed by atoms with van der Waals surface area (Å²) in [5, 5.41) is 22.5. The number of nitro benzene ring substituents is 1. The Kier molecular flexibility index (Phi) is 7.61. The number of carbonyl (C=O) groups excluding carboxylic acids is 2. The number of amides is 1. The SMILES string of the molecule is COc1ccc(C(O)=C2C(=O)C(=O)N(CCCN3CCOCC3)[C@@H]2c2cccc([N+](=O)[O-])c2)cc1F. The van der Waals surface area contributed by atoms with Crippen LogP contribution in [0.15, 0.2) is 48.0 Å². The van der Waals surface area contributed by atoms with Crippen LogP contribution in [-0.4, -0.2) is 78.0 Å². The smallest absolute Gasteiger partial charge is 0.295 e. The number of rotatable bonds is 8. The van der Waals surface area contributed by atoms with Gasteiger partial charge in [0.1, 0.15) is 5.76 Å². The van der Waals surface area contributed by atoms with Crippen LogP contribution < -0.4 is 4.74 Å². The number of Topliss-reactive ketones (excluding diaryl/α,β-unsaturated/α-hetero) is 1. The number of halogens is 1. The molecule has 2 saturated heterocycles. The lowest BCUT2D eigenvalue weighted by molar-refractivity contribution is -0.384. The van der Waals surface area contributed by atoms with E-state index in [9.17, 15) is 29.2 Å². The molecule has 0 radical (unpaired) electrons. The standard InChI is InChI=1S/C25H26FN3O7/c1-35-20-7-6-17(15-19(20)26)23(30)21-22(16-4-2-5-18(14-16)29(33)34)28(25(32)24(21)31)9-3-8-27-10-12-36-13-11-27/h2,4-7,14-15,22,30H,3,8-13H2,1H3/t22-/m1/s1. The van der Waals surface area contributed by atoms with Crippen LogP contribution in [-0.2, 0) is 14.3 Å². The molecule has 0 saturated carbocycles. The van der Waals surface area contributed by atoms with E-state index in [-0.39, 0.29) is 29.1 Å². The molecule has 4 rings (SSSR count). The van der Waals surface area contributed by atoms with E-state index in [4.69, 9.17) is 9.47 Å². The minimum Gasteiger partial charge on any atom is -0.507 e. The lowest BCUT2D eigenvalue weighted by Crippen LogP contribution is -2.39. The molecule has 2 aromatic carbocycles. The Morgan fingerprint density at radius 3 is 2.61 bits per heavy atom. The van der Waals surface area contributed by atoms with Gasteiger partial charge in [-0.15, -0.1) is 0 Å². The fourth-order valence-electron chi connectivity index (χ4n) is 4.52. The average Bonchev–Trinajstić information content (AvgIpc) is 3.14. The van der Waals surface area contributed by atoms with Gasteiger partial charge in [0.05, 0.1) is 36.9 Å². The van der Waals surface area contributed by atoms with Crippen LogP contribution >= 0.6 is 0 Å². The van der Waals surface area contributed by atoms with E-state index >= 15 is 0 Å². The third kappa shape index (κ3) is 5.07. The zero-order chi connectivity index (χ0) is 25.8. The molecule has 0 aliphatic carbocycles. The lowest BCUT2D eigenvalue weighted by Gasteiger charge is -2.29. The molecule has 10 nitrogen and oxygen atoms in total. The molecule has 190 valence electrons. The van der Waals surface area contributed by atoms with Crippen LogP contribution in [0.1, 0.15) is 23.6 Å². The first-order valence-electron chi connectivity index (χ1n) is 11.5. The summed E-state index contributed by atoms with van der Waals surface area (Å²) < 4.78 is 24.6. The van der Waals surface area contributed by atoms with Gasteiger partial charge in [0.2, 0.25) is 0 Å². The highest BCUT2D eigenvalue weighted by Crippen LogP contribution is 2.40. The Morgan fingerprint density at radius 2 is 1.94 bits per heavy atom. The van der Waals surface area contributed by atoms with Crippen molar-refractivity contribution < 1.29 is 33.5 Å². The summed E-state index contributed by atoms with van der Waals surface area (Å²) in [7, 11) is 1.29. The average molecular weight is 499 g/mol. The number of ether oxygens (including phenoxy) is 2. The van der Waals surface area contributed by atoms with Gasteiger partial charge in [-0.05, 0) is 30.2 Å². The maximum absolute atomic E-state index is 14.3. The number of non-ortho nitro benzene ring substituents is 1. The van der Waals surface area contributed by atoms with E-state index in [1.165, 1.54) is 42.3 Å². The number of nitrogens with zero attached hydrogens (tertiary/aromatic N) is 3. The van der Waals surface area contributed by atoms with Gasteiger partial charge in [-0.2, -0.15) is 0 Å². The van der Waals surface area contributed by atoms with Crippen molar-refractivity contribution >= 4 is 23.1 Å². The number of likely N-dealkylation sites (tertiary alicyclic amines) is 1. The van der Waals surface area contributed by atoms with Crippen molar-refractivity contribution in [1.82, 2.24) is 9.80 Å². The maximum Gasteiger partial charge on any atom is 0.295 e. The van der Waals surface area contributed by atoms with Gasteiger partial charge in [0.25, 0.3) is 17.4 Å². The number of ketones is 1. The molecule has 2 heterocycles. The second kappa shape index (κ2) is 10.8. The largest absolute Gasteiger partial charge is 0.507 e. The van der Waals surface area contributed by atoms with Crippen molar-refractivity contribution in [3.05, 3.63) is 75.1 Å². The van der Waals surface area contributed by atoms with Gasteiger partial charge >= 0.3 is 0 Å². The van der Waals surface area contributed by atoms with Crippen molar-refractivity contribution in [2.75, 3.05) is 46.5 Å². The summed E-state index contributed by atoms with van der Waals surface area (Å²) in [6.07, 6.45) is 0.537. The zero-order valence-electron chi connectivity index (χ0n) is 19.7. The number of methoxy groups -OCH3 is 1.